The van der Waals surface area contributed by atoms with Crippen LogP contribution in [0.1, 0.15) is 13.8 Å². The van der Waals surface area contributed by atoms with Crippen molar-refractivity contribution in [3.05, 3.63) is 17.5 Å². The molecule has 0 radical (unpaired) electrons. The summed E-state index contributed by atoms with van der Waals surface area (Å²) in [6.07, 6.45) is 0. The van der Waals surface area contributed by atoms with Crippen LogP contribution in [0.5, 0.6) is 0 Å². The number of nitrogens with zero attached hydrogens (tertiary/aromatic N) is 1. The van der Waals surface area contributed by atoms with Crippen LogP contribution in [0.25, 0.3) is 0 Å². The van der Waals surface area contributed by atoms with Gasteiger partial charge in [0.2, 0.25) is 0 Å². The smallest absolute Gasteiger partial charge is 0.105 e. The molecule has 0 bridgehead atoms. The van der Waals surface area contributed by atoms with Crippen LogP contribution in [-0.2, 0) is 0 Å². The number of nitrogens with one attached hydrogen (secondary N) is 1. The van der Waals surface area contributed by atoms with Gasteiger partial charge in [0.25, 0.3) is 0 Å². The van der Waals surface area contributed by atoms with Crippen LogP contribution in [-0.4, -0.2) is 17.8 Å². The van der Waals surface area contributed by atoms with Crippen molar-refractivity contribution in [2.45, 2.75) is 30.1 Å². The Labute approximate surface area is 93.3 Å². The zero-order chi connectivity index (χ0) is 10.4. The number of thioether (sulfide) groups is 1. The number of rotatable bonds is 5. The minimum absolute atomic E-state index is 0.0536. The van der Waals surface area contributed by atoms with Gasteiger partial charge in [0, 0.05) is 11.8 Å². The second-order valence-electron chi connectivity index (χ2n) is 3.25. The van der Waals surface area contributed by atoms with Gasteiger partial charge in [0.05, 0.1) is 10.3 Å². The van der Waals surface area contributed by atoms with Gasteiger partial charge in [-0.05, 0) is 25.3 Å². The van der Waals surface area contributed by atoms with Crippen molar-refractivity contribution < 1.29 is 0 Å². The van der Waals surface area contributed by atoms with E-state index in [0.717, 1.165) is 5.75 Å². The molecular weight excluding hydrogens is 212 g/mol. The highest BCUT2D eigenvalue weighted by atomic mass is 32.2. The van der Waals surface area contributed by atoms with Gasteiger partial charge in [-0.1, -0.05) is 6.07 Å². The Morgan fingerprint density at radius 2 is 2.43 bits per heavy atom. The van der Waals surface area contributed by atoms with Gasteiger partial charge in [0.15, 0.2) is 0 Å². The summed E-state index contributed by atoms with van der Waals surface area (Å²) < 4.78 is 1.27. The topological polar surface area (TPSA) is 35.8 Å². The maximum absolute atomic E-state index is 8.88. The molecule has 1 heterocycles. The third-order valence-electron chi connectivity index (χ3n) is 1.58. The lowest BCUT2D eigenvalue weighted by molar-refractivity contribution is 0.560. The Hall–Kier alpha value is -0.500. The van der Waals surface area contributed by atoms with Gasteiger partial charge in [-0.25, -0.2) is 0 Å². The van der Waals surface area contributed by atoms with E-state index in [1.54, 1.807) is 23.1 Å². The first kappa shape index (κ1) is 11.6. The first-order chi connectivity index (χ1) is 6.72. The lowest BCUT2D eigenvalue weighted by Crippen LogP contribution is -2.35. The van der Waals surface area contributed by atoms with Crippen molar-refractivity contribution in [2.24, 2.45) is 0 Å². The van der Waals surface area contributed by atoms with Crippen molar-refractivity contribution >= 4 is 23.1 Å². The van der Waals surface area contributed by atoms with Crippen molar-refractivity contribution in [1.82, 2.24) is 5.32 Å². The Kier molecular flexibility index (Phi) is 5.02. The molecule has 0 aliphatic carbocycles. The molecule has 1 N–H and O–H groups in total. The van der Waals surface area contributed by atoms with Gasteiger partial charge in [-0.2, -0.15) is 5.26 Å². The van der Waals surface area contributed by atoms with E-state index in [-0.39, 0.29) is 6.04 Å². The van der Waals surface area contributed by atoms with Crippen LogP contribution in [0.2, 0.25) is 0 Å². The minimum atomic E-state index is -0.0536. The van der Waals surface area contributed by atoms with Gasteiger partial charge in [-0.15, -0.1) is 23.1 Å². The van der Waals surface area contributed by atoms with Crippen LogP contribution in [0, 0.1) is 11.3 Å². The second kappa shape index (κ2) is 6.07. The third-order valence-corrected chi connectivity index (χ3v) is 3.80. The fourth-order valence-corrected chi connectivity index (χ4v) is 2.80. The normalized spacial score (nSPS) is 12.7. The molecule has 0 saturated heterocycles. The number of thiophene rings is 1. The van der Waals surface area contributed by atoms with Crippen LogP contribution >= 0.6 is 23.1 Å². The zero-order valence-electron chi connectivity index (χ0n) is 8.36. The molecule has 1 aromatic rings. The van der Waals surface area contributed by atoms with Crippen LogP contribution in [0.3, 0.4) is 0 Å². The summed E-state index contributed by atoms with van der Waals surface area (Å²) >= 11 is 3.46. The standard InChI is InChI=1S/C10H14N2S2/c1-8(2)12-9(6-11)7-14-10-4-3-5-13-10/h3-5,8-9,12H,7H2,1-2H3. The second-order valence-corrected chi connectivity index (χ2v) is 5.51. The van der Waals surface area contributed by atoms with Crippen LogP contribution in [0.15, 0.2) is 21.7 Å². The SMILES string of the molecule is CC(C)NC(C#N)CSc1cccs1. The molecule has 0 saturated carbocycles. The quantitative estimate of drug-likeness (QED) is 0.784. The summed E-state index contributed by atoms with van der Waals surface area (Å²) in [5.74, 6) is 0.815. The predicted molar refractivity (Wildman–Crippen MR) is 62.7 cm³/mol. The Morgan fingerprint density at radius 3 is 2.93 bits per heavy atom. The molecule has 0 amide bonds. The van der Waals surface area contributed by atoms with E-state index in [1.165, 1.54) is 4.21 Å². The van der Waals surface area contributed by atoms with Crippen molar-refractivity contribution in [1.29, 1.82) is 5.26 Å². The molecule has 1 aromatic heterocycles. The minimum Gasteiger partial charge on any atom is -0.299 e. The van der Waals surface area contributed by atoms with Crippen molar-refractivity contribution in [2.75, 3.05) is 5.75 Å². The van der Waals surface area contributed by atoms with E-state index in [2.05, 4.69) is 36.7 Å². The van der Waals surface area contributed by atoms with Crippen LogP contribution in [0.4, 0.5) is 0 Å². The van der Waals surface area contributed by atoms with Gasteiger partial charge < -0.3 is 0 Å². The molecule has 4 heteroatoms. The monoisotopic (exact) mass is 226 g/mol. The highest BCUT2D eigenvalue weighted by molar-refractivity contribution is 8.01. The molecule has 2 nitrogen and oxygen atoms in total. The molecule has 0 aliphatic heterocycles. The van der Waals surface area contributed by atoms with E-state index in [1.807, 2.05) is 6.07 Å². The molecule has 0 fully saturated rings. The highest BCUT2D eigenvalue weighted by Gasteiger charge is 2.08. The molecule has 1 unspecified atom stereocenters. The lowest BCUT2D eigenvalue weighted by Gasteiger charge is -2.13. The van der Waals surface area contributed by atoms with Gasteiger partial charge >= 0.3 is 0 Å². The maximum atomic E-state index is 8.88. The lowest BCUT2D eigenvalue weighted by atomic mass is 10.3. The highest BCUT2D eigenvalue weighted by Crippen LogP contribution is 2.23. The number of hydrogen-bond donors (Lipinski definition) is 1. The molecule has 0 aromatic carbocycles. The largest absolute Gasteiger partial charge is 0.299 e. The fourth-order valence-electron chi connectivity index (χ4n) is 1.04. The Bertz CT molecular complexity index is 288. The van der Waals surface area contributed by atoms with E-state index >= 15 is 0 Å². The van der Waals surface area contributed by atoms with E-state index in [0.29, 0.717) is 6.04 Å². The summed E-state index contributed by atoms with van der Waals surface area (Å²) in [7, 11) is 0. The number of nitriles is 1. The average Bonchev–Trinajstić information content (AvgIpc) is 2.64. The summed E-state index contributed by atoms with van der Waals surface area (Å²) in [6, 6.07) is 6.69. The van der Waals surface area contributed by atoms with E-state index in [9.17, 15) is 0 Å². The maximum Gasteiger partial charge on any atom is 0.105 e. The molecule has 0 aliphatic rings. The zero-order valence-corrected chi connectivity index (χ0v) is 9.99. The summed E-state index contributed by atoms with van der Waals surface area (Å²) in [5, 5.41) is 14.2. The molecule has 1 atom stereocenters. The summed E-state index contributed by atoms with van der Waals surface area (Å²) in [6.45, 7) is 4.11. The molecular formula is C10H14N2S2. The summed E-state index contributed by atoms with van der Waals surface area (Å²) in [5.41, 5.74) is 0. The Balaban J connectivity index is 2.32. The van der Waals surface area contributed by atoms with Crippen molar-refractivity contribution in [3.8, 4) is 6.07 Å². The third kappa shape index (κ3) is 4.14. The summed E-state index contributed by atoms with van der Waals surface area (Å²) in [4.78, 5) is 0. The van der Waals surface area contributed by atoms with E-state index in [4.69, 9.17) is 5.26 Å². The predicted octanol–water partition coefficient (Wildman–Crippen LogP) is 2.73. The first-order valence-corrected chi connectivity index (χ1v) is 6.41. The average molecular weight is 226 g/mol. The molecule has 76 valence electrons. The van der Waals surface area contributed by atoms with E-state index < -0.39 is 0 Å². The fraction of sp³-hybridized carbons (Fsp3) is 0.500. The van der Waals surface area contributed by atoms with Gasteiger partial charge in [0.1, 0.15) is 6.04 Å². The van der Waals surface area contributed by atoms with Crippen molar-refractivity contribution in [3.63, 3.8) is 0 Å². The Morgan fingerprint density at radius 1 is 1.64 bits per heavy atom. The number of hydrogen-bond acceptors (Lipinski definition) is 4. The molecule has 1 rings (SSSR count). The van der Waals surface area contributed by atoms with Gasteiger partial charge in [-0.3, -0.25) is 5.32 Å². The molecule has 14 heavy (non-hydrogen) atoms. The first-order valence-electron chi connectivity index (χ1n) is 4.54. The van der Waals surface area contributed by atoms with Crippen LogP contribution < -0.4 is 5.32 Å². The molecule has 0 spiro atoms.